The molecule has 0 spiro atoms. The largest absolute Gasteiger partial charge is 0.294 e. The fourth-order valence-electron chi connectivity index (χ4n) is 5.23. The van der Waals surface area contributed by atoms with Crippen molar-refractivity contribution in [2.75, 3.05) is 0 Å². The van der Waals surface area contributed by atoms with Gasteiger partial charge in [-0.25, -0.2) is 4.98 Å². The van der Waals surface area contributed by atoms with Crippen LogP contribution in [0.5, 0.6) is 0 Å². The fourth-order valence-corrected chi connectivity index (χ4v) is 5.23. The molecule has 3 heterocycles. The molecule has 0 aliphatic heterocycles. The predicted molar refractivity (Wildman–Crippen MR) is 165 cm³/mol. The molecule has 3 nitrogen and oxygen atoms in total. The Hall–Kier alpha value is -4.24. The molecule has 6 aromatic rings. The molecule has 3 aromatic carbocycles. The third-order valence-corrected chi connectivity index (χ3v) is 7.64. The number of aromatic nitrogens is 3. The normalized spacial score (nSPS) is 12.4. The molecular formula is C36H35N3. The van der Waals surface area contributed by atoms with E-state index in [0.29, 0.717) is 0 Å². The lowest BCUT2D eigenvalue weighted by molar-refractivity contribution is 0.587. The van der Waals surface area contributed by atoms with Crippen LogP contribution >= 0.6 is 0 Å². The summed E-state index contributed by atoms with van der Waals surface area (Å²) in [6.07, 6.45) is 4.02. The number of benzene rings is 3. The summed E-state index contributed by atoms with van der Waals surface area (Å²) in [7, 11) is 0. The summed E-state index contributed by atoms with van der Waals surface area (Å²) in [5.74, 6) is 0.934. The van der Waals surface area contributed by atoms with Gasteiger partial charge in [0.15, 0.2) is 0 Å². The smallest absolute Gasteiger partial charge is 0.137 e. The van der Waals surface area contributed by atoms with E-state index >= 15 is 0 Å². The van der Waals surface area contributed by atoms with Crippen molar-refractivity contribution < 1.29 is 0 Å². The molecule has 0 N–H and O–H groups in total. The van der Waals surface area contributed by atoms with Crippen molar-refractivity contribution in [3.63, 3.8) is 0 Å². The zero-order valence-electron chi connectivity index (χ0n) is 23.7. The zero-order chi connectivity index (χ0) is 27.4. The number of nitrogens with zero attached hydrogens (tertiary/aromatic N) is 3. The lowest BCUT2D eigenvalue weighted by Crippen LogP contribution is -2.11. The highest BCUT2D eigenvalue weighted by molar-refractivity contribution is 6.10. The Morgan fingerprint density at radius 2 is 1.15 bits per heavy atom. The molecule has 0 atom stereocenters. The second-order valence-electron chi connectivity index (χ2n) is 12.5. The van der Waals surface area contributed by atoms with Crippen molar-refractivity contribution in [1.29, 1.82) is 0 Å². The van der Waals surface area contributed by atoms with Gasteiger partial charge in [-0.15, -0.1) is 0 Å². The molecule has 39 heavy (non-hydrogen) atoms. The number of para-hydroxylation sites is 1. The molecule has 0 saturated carbocycles. The van der Waals surface area contributed by atoms with E-state index in [-0.39, 0.29) is 10.8 Å². The van der Waals surface area contributed by atoms with E-state index in [2.05, 4.69) is 137 Å². The Bertz CT molecular complexity index is 1790. The average Bonchev–Trinajstić information content (AvgIpc) is 3.26. The minimum Gasteiger partial charge on any atom is -0.294 e. The van der Waals surface area contributed by atoms with Gasteiger partial charge in [0.25, 0.3) is 0 Å². The van der Waals surface area contributed by atoms with Crippen LogP contribution in [0.3, 0.4) is 0 Å². The maximum atomic E-state index is 4.92. The second-order valence-corrected chi connectivity index (χ2v) is 12.5. The van der Waals surface area contributed by atoms with Crippen LogP contribution < -0.4 is 0 Å². The quantitative estimate of drug-likeness (QED) is 0.238. The SMILES string of the molecule is CC(C)(C)c1ccc(-c2cccc(-c3ccc4c5ccccc5n(-c5ccc(C(C)(C)C)cn5)c4c3)c2)nc1. The van der Waals surface area contributed by atoms with E-state index in [0.717, 1.165) is 28.1 Å². The number of hydrogen-bond acceptors (Lipinski definition) is 2. The summed E-state index contributed by atoms with van der Waals surface area (Å²) in [5.41, 5.74) is 9.39. The first-order valence-corrected chi connectivity index (χ1v) is 13.7. The van der Waals surface area contributed by atoms with Crippen molar-refractivity contribution in [3.05, 3.63) is 115 Å². The Kier molecular flexibility index (Phi) is 5.91. The molecule has 0 amide bonds. The van der Waals surface area contributed by atoms with Crippen LogP contribution in [0.2, 0.25) is 0 Å². The number of fused-ring (bicyclic) bond motifs is 3. The average molecular weight is 510 g/mol. The summed E-state index contributed by atoms with van der Waals surface area (Å²) in [6.45, 7) is 13.3. The molecule has 3 heteroatoms. The molecule has 0 fully saturated rings. The van der Waals surface area contributed by atoms with Gasteiger partial charge < -0.3 is 0 Å². The highest BCUT2D eigenvalue weighted by atomic mass is 15.1. The first kappa shape index (κ1) is 25.1. The highest BCUT2D eigenvalue weighted by Crippen LogP contribution is 2.35. The van der Waals surface area contributed by atoms with Crippen LogP contribution in [0.15, 0.2) is 103 Å². The summed E-state index contributed by atoms with van der Waals surface area (Å²) < 4.78 is 2.29. The second kappa shape index (κ2) is 9.20. The van der Waals surface area contributed by atoms with Gasteiger partial charge in [-0.3, -0.25) is 9.55 Å². The predicted octanol–water partition coefficient (Wildman–Crippen LogP) is 9.50. The van der Waals surface area contributed by atoms with E-state index in [9.17, 15) is 0 Å². The maximum Gasteiger partial charge on any atom is 0.137 e. The number of hydrogen-bond donors (Lipinski definition) is 0. The molecule has 0 aliphatic carbocycles. The van der Waals surface area contributed by atoms with Gasteiger partial charge in [-0.05, 0) is 63.4 Å². The van der Waals surface area contributed by atoms with Gasteiger partial charge in [0.2, 0.25) is 0 Å². The van der Waals surface area contributed by atoms with E-state index < -0.39 is 0 Å². The third kappa shape index (κ3) is 4.63. The first-order chi connectivity index (χ1) is 18.6. The van der Waals surface area contributed by atoms with Crippen molar-refractivity contribution in [2.24, 2.45) is 0 Å². The Morgan fingerprint density at radius 3 is 1.82 bits per heavy atom. The van der Waals surface area contributed by atoms with Crippen molar-refractivity contribution in [2.45, 2.75) is 52.4 Å². The summed E-state index contributed by atoms with van der Waals surface area (Å²) in [6, 6.07) is 32.7. The monoisotopic (exact) mass is 509 g/mol. The topological polar surface area (TPSA) is 30.7 Å². The van der Waals surface area contributed by atoms with E-state index in [1.165, 1.54) is 33.0 Å². The molecule has 0 radical (unpaired) electrons. The molecule has 0 unspecified atom stereocenters. The van der Waals surface area contributed by atoms with Crippen LogP contribution in [-0.4, -0.2) is 14.5 Å². The van der Waals surface area contributed by atoms with E-state index in [1.807, 2.05) is 12.4 Å². The molecule has 0 bridgehead atoms. The van der Waals surface area contributed by atoms with Gasteiger partial charge in [-0.2, -0.15) is 0 Å². The maximum absolute atomic E-state index is 4.92. The van der Waals surface area contributed by atoms with Crippen molar-refractivity contribution >= 4 is 21.8 Å². The highest BCUT2D eigenvalue weighted by Gasteiger charge is 2.18. The molecule has 3 aromatic heterocycles. The Balaban J connectivity index is 1.47. The van der Waals surface area contributed by atoms with E-state index in [4.69, 9.17) is 9.97 Å². The summed E-state index contributed by atoms with van der Waals surface area (Å²) in [4.78, 5) is 9.72. The van der Waals surface area contributed by atoms with Gasteiger partial charge in [-0.1, -0.05) is 102 Å². The number of rotatable bonds is 3. The molecule has 0 saturated heterocycles. The van der Waals surface area contributed by atoms with Crippen molar-refractivity contribution in [3.8, 4) is 28.2 Å². The molecule has 6 rings (SSSR count). The van der Waals surface area contributed by atoms with Crippen LogP contribution in [0.25, 0.3) is 50.0 Å². The fraction of sp³-hybridized carbons (Fsp3) is 0.222. The lowest BCUT2D eigenvalue weighted by Gasteiger charge is -2.19. The summed E-state index contributed by atoms with van der Waals surface area (Å²) >= 11 is 0. The van der Waals surface area contributed by atoms with Gasteiger partial charge >= 0.3 is 0 Å². The van der Waals surface area contributed by atoms with Gasteiger partial charge in [0.1, 0.15) is 5.82 Å². The molecule has 0 aliphatic rings. The standard InChI is InChI=1S/C36H35N3/c1-35(2,3)27-15-18-31(37-22-27)26-11-9-10-24(20-26)25-14-17-30-29-12-7-8-13-32(29)39(33(30)21-25)34-19-16-28(23-38-34)36(4,5)6/h7-23H,1-6H3. The van der Waals surface area contributed by atoms with Crippen LogP contribution in [-0.2, 0) is 10.8 Å². The van der Waals surface area contributed by atoms with Gasteiger partial charge in [0, 0.05) is 28.7 Å². The summed E-state index contributed by atoms with van der Waals surface area (Å²) in [5, 5.41) is 2.46. The van der Waals surface area contributed by atoms with Crippen molar-refractivity contribution in [1.82, 2.24) is 14.5 Å². The lowest BCUT2D eigenvalue weighted by atomic mass is 9.88. The third-order valence-electron chi connectivity index (χ3n) is 7.64. The van der Waals surface area contributed by atoms with Crippen LogP contribution in [0.1, 0.15) is 52.7 Å². The zero-order valence-corrected chi connectivity index (χ0v) is 23.7. The Morgan fingerprint density at radius 1 is 0.513 bits per heavy atom. The minimum absolute atomic E-state index is 0.0620. The number of pyridine rings is 2. The molecular weight excluding hydrogens is 474 g/mol. The van der Waals surface area contributed by atoms with E-state index in [1.54, 1.807) is 0 Å². The Labute approximate surface area is 231 Å². The minimum atomic E-state index is 0.0620. The first-order valence-electron chi connectivity index (χ1n) is 13.7. The van der Waals surface area contributed by atoms with Gasteiger partial charge in [0.05, 0.1) is 16.7 Å². The van der Waals surface area contributed by atoms with Crippen LogP contribution in [0, 0.1) is 0 Å². The van der Waals surface area contributed by atoms with Crippen LogP contribution in [0.4, 0.5) is 0 Å². The molecule has 194 valence electrons.